The van der Waals surface area contributed by atoms with E-state index in [9.17, 15) is 4.79 Å². The number of anilines is 1. The van der Waals surface area contributed by atoms with Gasteiger partial charge < -0.3 is 5.32 Å². The first-order valence-corrected chi connectivity index (χ1v) is 8.08. The molecule has 3 nitrogen and oxygen atoms in total. The van der Waals surface area contributed by atoms with Crippen molar-refractivity contribution >= 4 is 46.4 Å². The van der Waals surface area contributed by atoms with Crippen LogP contribution in [0.4, 0.5) is 5.69 Å². The van der Waals surface area contributed by atoms with E-state index in [1.807, 2.05) is 30.6 Å². The van der Waals surface area contributed by atoms with E-state index in [0.29, 0.717) is 27.2 Å². The Hall–Kier alpha value is -1.29. The lowest BCUT2D eigenvalue weighted by atomic mass is 10.2. The minimum Gasteiger partial charge on any atom is -0.324 e. The van der Waals surface area contributed by atoms with E-state index in [-0.39, 0.29) is 5.91 Å². The Bertz CT molecular complexity index is 624. The van der Waals surface area contributed by atoms with Gasteiger partial charge in [0.25, 0.3) is 0 Å². The van der Waals surface area contributed by atoms with Crippen molar-refractivity contribution in [2.75, 3.05) is 5.32 Å². The van der Waals surface area contributed by atoms with Crippen LogP contribution in [0.25, 0.3) is 0 Å². The maximum Gasteiger partial charge on any atom is 0.224 e. The van der Waals surface area contributed by atoms with Gasteiger partial charge >= 0.3 is 0 Å². The lowest BCUT2D eigenvalue weighted by Crippen LogP contribution is -2.32. The number of rotatable bonds is 6. The van der Waals surface area contributed by atoms with E-state index >= 15 is 0 Å². The predicted molar refractivity (Wildman–Crippen MR) is 90.6 cm³/mol. The lowest BCUT2D eigenvalue weighted by Gasteiger charge is -2.09. The highest BCUT2D eigenvalue weighted by Gasteiger charge is 2.11. The van der Waals surface area contributed by atoms with Gasteiger partial charge in [-0.1, -0.05) is 40.9 Å². The fraction of sp³-hybridized carbons (Fsp3) is 0.250. The molecule has 1 N–H and O–H groups in total. The van der Waals surface area contributed by atoms with E-state index in [1.165, 1.54) is 0 Å². The average molecular weight is 359 g/mol. The van der Waals surface area contributed by atoms with E-state index in [1.54, 1.807) is 12.1 Å². The number of aryl methyl sites for hydroxylation is 1. The number of carbonyl (C=O) groups is 1. The third-order valence-corrected chi connectivity index (χ3v) is 3.93. The third kappa shape index (κ3) is 5.16. The molecule has 0 fully saturated rings. The first-order valence-electron chi connectivity index (χ1n) is 6.95. The van der Waals surface area contributed by atoms with Gasteiger partial charge in [0.1, 0.15) is 6.54 Å². The number of pyridine rings is 1. The predicted octanol–water partition coefficient (Wildman–Crippen LogP) is 4.74. The van der Waals surface area contributed by atoms with Gasteiger partial charge in [-0.15, -0.1) is 0 Å². The van der Waals surface area contributed by atoms with Crippen molar-refractivity contribution in [3.8, 4) is 0 Å². The monoisotopic (exact) mass is 357 g/mol. The minimum absolute atomic E-state index is 0.107. The summed E-state index contributed by atoms with van der Waals surface area (Å²) < 4.78 is 2.09. The van der Waals surface area contributed by atoms with Crippen molar-refractivity contribution in [1.29, 1.82) is 0 Å². The molecule has 1 heterocycles. The van der Waals surface area contributed by atoms with Crippen LogP contribution >= 0.6 is 34.8 Å². The summed E-state index contributed by atoms with van der Waals surface area (Å²) in [4.78, 5) is 11.9. The minimum atomic E-state index is -0.107. The molecule has 0 saturated carbocycles. The number of nitrogens with zero attached hydrogens (tertiary/aromatic N) is 1. The maximum absolute atomic E-state index is 11.9. The Morgan fingerprint density at radius 1 is 1.00 bits per heavy atom. The van der Waals surface area contributed by atoms with Crippen LogP contribution in [-0.2, 0) is 11.3 Å². The second kappa shape index (κ2) is 8.37. The summed E-state index contributed by atoms with van der Waals surface area (Å²) in [6.07, 6.45) is 6.14. The summed E-state index contributed by atoms with van der Waals surface area (Å²) in [5.41, 5.74) is 0.412. The molecule has 0 spiro atoms. The molecule has 2 rings (SSSR count). The fourth-order valence-electron chi connectivity index (χ4n) is 2.03. The number of unbranched alkanes of at least 4 members (excludes halogenated alkanes) is 1. The molecule has 1 amide bonds. The summed E-state index contributed by atoms with van der Waals surface area (Å²) in [7, 11) is 0. The molecule has 0 aliphatic rings. The molecule has 0 atom stereocenters. The molecular formula is C16H16Cl3N2O+. The topological polar surface area (TPSA) is 33.0 Å². The first-order chi connectivity index (χ1) is 10.6. The van der Waals surface area contributed by atoms with Gasteiger partial charge in [0, 0.05) is 30.0 Å². The normalized spacial score (nSPS) is 10.5. The molecule has 2 aromatic rings. The second-order valence-corrected chi connectivity index (χ2v) is 6.11. The number of nitrogens with one attached hydrogen (secondary N) is 1. The van der Waals surface area contributed by atoms with Crippen LogP contribution in [0.1, 0.15) is 19.3 Å². The summed E-state index contributed by atoms with van der Waals surface area (Å²) in [5, 5.41) is 3.85. The number of benzene rings is 1. The largest absolute Gasteiger partial charge is 0.324 e. The molecule has 1 aromatic carbocycles. The zero-order valence-corrected chi connectivity index (χ0v) is 14.1. The molecule has 22 heavy (non-hydrogen) atoms. The van der Waals surface area contributed by atoms with Crippen molar-refractivity contribution in [1.82, 2.24) is 0 Å². The molecule has 1 aromatic heterocycles. The maximum atomic E-state index is 11.9. The highest BCUT2D eigenvalue weighted by molar-refractivity contribution is 6.42. The zero-order valence-electron chi connectivity index (χ0n) is 11.9. The molecular weight excluding hydrogens is 343 g/mol. The average Bonchev–Trinajstić information content (AvgIpc) is 2.48. The number of hydrogen-bond acceptors (Lipinski definition) is 1. The molecule has 0 radical (unpaired) electrons. The number of amides is 1. The Balaban J connectivity index is 1.79. The molecule has 0 aliphatic heterocycles. The van der Waals surface area contributed by atoms with E-state index in [0.717, 1.165) is 19.4 Å². The van der Waals surface area contributed by atoms with Crippen molar-refractivity contribution in [3.05, 3.63) is 57.8 Å². The summed E-state index contributed by atoms with van der Waals surface area (Å²) in [5.74, 6) is -0.107. The lowest BCUT2D eigenvalue weighted by molar-refractivity contribution is -0.697. The third-order valence-electron chi connectivity index (χ3n) is 3.12. The van der Waals surface area contributed by atoms with Gasteiger partial charge in [0.15, 0.2) is 12.4 Å². The number of carbonyl (C=O) groups excluding carboxylic acids is 1. The Labute approximate surface area is 144 Å². The van der Waals surface area contributed by atoms with Gasteiger partial charge in [0.05, 0.1) is 15.7 Å². The van der Waals surface area contributed by atoms with Gasteiger partial charge in [0.2, 0.25) is 5.91 Å². The van der Waals surface area contributed by atoms with Crippen LogP contribution < -0.4 is 9.88 Å². The SMILES string of the molecule is O=C(CCCC[n+]1ccccc1)Nc1c(Cl)cc(Cl)cc1Cl. The molecule has 0 bridgehead atoms. The van der Waals surface area contributed by atoms with E-state index < -0.39 is 0 Å². The van der Waals surface area contributed by atoms with Crippen molar-refractivity contribution in [2.24, 2.45) is 0 Å². The molecule has 0 aliphatic carbocycles. The summed E-state index contributed by atoms with van der Waals surface area (Å²) >= 11 is 17.9. The van der Waals surface area contributed by atoms with Crippen molar-refractivity contribution < 1.29 is 9.36 Å². The van der Waals surface area contributed by atoms with Gasteiger partial charge in [-0.2, -0.15) is 0 Å². The Kier molecular flexibility index (Phi) is 6.49. The number of hydrogen-bond donors (Lipinski definition) is 1. The Morgan fingerprint density at radius 3 is 2.27 bits per heavy atom. The Morgan fingerprint density at radius 2 is 1.64 bits per heavy atom. The highest BCUT2D eigenvalue weighted by atomic mass is 35.5. The molecule has 0 unspecified atom stereocenters. The van der Waals surface area contributed by atoms with Crippen molar-refractivity contribution in [3.63, 3.8) is 0 Å². The zero-order chi connectivity index (χ0) is 15.9. The number of halogens is 3. The standard InChI is InChI=1S/C16H15Cl3N2O/c17-12-10-13(18)16(14(19)11-12)20-15(22)6-2-5-9-21-7-3-1-4-8-21/h1,3-4,7-8,10-11H,2,5-6,9H2/p+1. The van der Waals surface area contributed by atoms with Gasteiger partial charge in [-0.25, -0.2) is 4.57 Å². The number of aromatic nitrogens is 1. The second-order valence-electron chi connectivity index (χ2n) is 4.86. The van der Waals surface area contributed by atoms with Crippen LogP contribution in [0.3, 0.4) is 0 Å². The van der Waals surface area contributed by atoms with Gasteiger partial charge in [-0.3, -0.25) is 4.79 Å². The van der Waals surface area contributed by atoms with Crippen molar-refractivity contribution in [2.45, 2.75) is 25.8 Å². The van der Waals surface area contributed by atoms with Gasteiger partial charge in [-0.05, 0) is 18.6 Å². The quantitative estimate of drug-likeness (QED) is 0.587. The molecule has 116 valence electrons. The van der Waals surface area contributed by atoms with E-state index in [2.05, 4.69) is 9.88 Å². The first kappa shape index (κ1) is 17.1. The fourth-order valence-corrected chi connectivity index (χ4v) is 2.94. The molecule has 0 saturated heterocycles. The molecule has 6 heteroatoms. The van der Waals surface area contributed by atoms with Crippen LogP contribution in [0, 0.1) is 0 Å². The smallest absolute Gasteiger partial charge is 0.224 e. The van der Waals surface area contributed by atoms with Crippen LogP contribution in [0.2, 0.25) is 15.1 Å². The summed E-state index contributed by atoms with van der Waals surface area (Å²) in [6.45, 7) is 0.885. The van der Waals surface area contributed by atoms with Crippen LogP contribution in [0.15, 0.2) is 42.7 Å². The highest BCUT2D eigenvalue weighted by Crippen LogP contribution is 2.33. The summed E-state index contributed by atoms with van der Waals surface area (Å²) in [6, 6.07) is 9.05. The van der Waals surface area contributed by atoms with Crippen LogP contribution in [-0.4, -0.2) is 5.91 Å². The van der Waals surface area contributed by atoms with E-state index in [4.69, 9.17) is 34.8 Å². The van der Waals surface area contributed by atoms with Crippen LogP contribution in [0.5, 0.6) is 0 Å².